The highest BCUT2D eigenvalue weighted by Gasteiger charge is 2.29. The summed E-state index contributed by atoms with van der Waals surface area (Å²) in [4.78, 5) is 4.37. The highest BCUT2D eigenvalue weighted by molar-refractivity contribution is 7.09. The van der Waals surface area contributed by atoms with Gasteiger partial charge in [-0.3, -0.25) is 0 Å². The molecule has 102 valence electrons. The molecule has 1 aromatic heterocycles. The summed E-state index contributed by atoms with van der Waals surface area (Å²) in [7, 11) is 1.67. The fraction of sp³-hybridized carbons (Fsp3) is 0.833. The average molecular weight is 271 g/mol. The van der Waals surface area contributed by atoms with Crippen molar-refractivity contribution in [2.75, 3.05) is 25.6 Å². The Hall–Kier alpha value is -0.720. The van der Waals surface area contributed by atoms with Gasteiger partial charge in [-0.25, -0.2) is 4.98 Å². The third kappa shape index (κ3) is 3.90. The molecule has 2 rings (SSSR count). The molecule has 6 heteroatoms. The standard InChI is InChI=1S/C12H21N3O2S/c1-17-8-5-10-14-11(18-15-10)13-9-12(16)6-3-2-4-7-12/h16H,2-9H2,1H3,(H,13,14,15). The van der Waals surface area contributed by atoms with Gasteiger partial charge in [0.15, 0.2) is 0 Å². The van der Waals surface area contributed by atoms with Crippen LogP contribution in [-0.2, 0) is 11.2 Å². The van der Waals surface area contributed by atoms with Crippen LogP contribution in [0.15, 0.2) is 0 Å². The second kappa shape index (κ2) is 6.45. The van der Waals surface area contributed by atoms with Crippen molar-refractivity contribution in [2.45, 2.75) is 44.1 Å². The highest BCUT2D eigenvalue weighted by atomic mass is 32.1. The van der Waals surface area contributed by atoms with Crippen molar-refractivity contribution in [1.29, 1.82) is 0 Å². The summed E-state index contributed by atoms with van der Waals surface area (Å²) >= 11 is 1.35. The first-order valence-corrected chi connectivity index (χ1v) is 7.27. The minimum atomic E-state index is -0.559. The van der Waals surface area contributed by atoms with Crippen LogP contribution in [0.25, 0.3) is 0 Å². The zero-order valence-electron chi connectivity index (χ0n) is 10.8. The summed E-state index contributed by atoms with van der Waals surface area (Å²) in [5.74, 6) is 0.806. The number of nitrogens with zero attached hydrogens (tertiary/aromatic N) is 2. The van der Waals surface area contributed by atoms with Crippen LogP contribution < -0.4 is 5.32 Å². The number of methoxy groups -OCH3 is 1. The van der Waals surface area contributed by atoms with Gasteiger partial charge in [-0.2, -0.15) is 4.37 Å². The molecule has 0 unspecified atom stereocenters. The molecule has 5 nitrogen and oxygen atoms in total. The van der Waals surface area contributed by atoms with E-state index in [1.807, 2.05) is 0 Å². The molecular weight excluding hydrogens is 250 g/mol. The van der Waals surface area contributed by atoms with Crippen molar-refractivity contribution in [2.24, 2.45) is 0 Å². The van der Waals surface area contributed by atoms with Crippen LogP contribution in [0.4, 0.5) is 5.13 Å². The van der Waals surface area contributed by atoms with Crippen LogP contribution in [-0.4, -0.2) is 40.3 Å². The van der Waals surface area contributed by atoms with Gasteiger partial charge in [0.05, 0.1) is 12.2 Å². The first-order valence-electron chi connectivity index (χ1n) is 6.50. The molecule has 1 saturated carbocycles. The lowest BCUT2D eigenvalue weighted by Crippen LogP contribution is -2.38. The SMILES string of the molecule is COCCc1nsc(NCC2(O)CCCCC2)n1. The molecule has 0 amide bonds. The molecule has 0 radical (unpaired) electrons. The molecular formula is C12H21N3O2S. The van der Waals surface area contributed by atoms with Crippen LogP contribution in [0, 0.1) is 0 Å². The molecule has 0 aromatic carbocycles. The lowest BCUT2D eigenvalue weighted by atomic mass is 9.85. The second-order valence-corrected chi connectivity index (χ2v) is 5.65. The maximum atomic E-state index is 10.4. The van der Waals surface area contributed by atoms with Crippen molar-refractivity contribution < 1.29 is 9.84 Å². The third-order valence-corrected chi connectivity index (χ3v) is 4.06. The summed E-state index contributed by atoms with van der Waals surface area (Å²) in [5, 5.41) is 14.4. The van der Waals surface area contributed by atoms with Gasteiger partial charge in [0.25, 0.3) is 0 Å². The Labute approximate surface area is 112 Å². The summed E-state index contributed by atoms with van der Waals surface area (Å²) < 4.78 is 9.24. The van der Waals surface area contributed by atoms with Gasteiger partial charge >= 0.3 is 0 Å². The Bertz CT molecular complexity index is 364. The van der Waals surface area contributed by atoms with Gasteiger partial charge in [0, 0.05) is 31.6 Å². The van der Waals surface area contributed by atoms with E-state index >= 15 is 0 Å². The van der Waals surface area contributed by atoms with Crippen LogP contribution in [0.5, 0.6) is 0 Å². The third-order valence-electron chi connectivity index (χ3n) is 3.35. The molecule has 0 spiro atoms. The average Bonchev–Trinajstić information content (AvgIpc) is 2.83. The minimum absolute atomic E-state index is 0.559. The number of aromatic nitrogens is 2. The zero-order chi connectivity index (χ0) is 12.8. The van der Waals surface area contributed by atoms with Gasteiger partial charge in [-0.15, -0.1) is 0 Å². The second-order valence-electron chi connectivity index (χ2n) is 4.90. The Morgan fingerprint density at radius 2 is 2.17 bits per heavy atom. The number of aliphatic hydroxyl groups is 1. The van der Waals surface area contributed by atoms with E-state index in [2.05, 4.69) is 14.7 Å². The van der Waals surface area contributed by atoms with E-state index in [-0.39, 0.29) is 0 Å². The molecule has 0 bridgehead atoms. The van der Waals surface area contributed by atoms with Crippen LogP contribution >= 0.6 is 11.5 Å². The van der Waals surface area contributed by atoms with Crippen molar-refractivity contribution in [1.82, 2.24) is 9.36 Å². The Morgan fingerprint density at radius 3 is 2.89 bits per heavy atom. The summed E-state index contributed by atoms with van der Waals surface area (Å²) in [6.45, 7) is 1.21. The van der Waals surface area contributed by atoms with E-state index in [0.29, 0.717) is 13.2 Å². The lowest BCUT2D eigenvalue weighted by Gasteiger charge is -2.31. The summed E-state index contributed by atoms with van der Waals surface area (Å²) in [6.07, 6.45) is 5.98. The van der Waals surface area contributed by atoms with Gasteiger partial charge in [-0.05, 0) is 12.8 Å². The lowest BCUT2D eigenvalue weighted by molar-refractivity contribution is 0.0167. The molecule has 0 atom stereocenters. The van der Waals surface area contributed by atoms with Crippen molar-refractivity contribution >= 4 is 16.7 Å². The largest absolute Gasteiger partial charge is 0.388 e. The number of hydrogen-bond acceptors (Lipinski definition) is 6. The minimum Gasteiger partial charge on any atom is -0.388 e. The van der Waals surface area contributed by atoms with Crippen molar-refractivity contribution in [3.05, 3.63) is 5.82 Å². The topological polar surface area (TPSA) is 67.3 Å². The number of rotatable bonds is 6. The maximum Gasteiger partial charge on any atom is 0.202 e. The molecule has 1 aliphatic carbocycles. The number of ether oxygens (including phenoxy) is 1. The highest BCUT2D eigenvalue weighted by Crippen LogP contribution is 2.28. The van der Waals surface area contributed by atoms with Gasteiger partial charge < -0.3 is 15.2 Å². The summed E-state index contributed by atoms with van der Waals surface area (Å²) in [5.41, 5.74) is -0.559. The Balaban J connectivity index is 1.80. The predicted octanol–water partition coefficient (Wildman–Crippen LogP) is 1.83. The van der Waals surface area contributed by atoms with Crippen LogP contribution in [0.2, 0.25) is 0 Å². The van der Waals surface area contributed by atoms with Crippen molar-refractivity contribution in [3.63, 3.8) is 0 Å². The van der Waals surface area contributed by atoms with Gasteiger partial charge in [0.2, 0.25) is 5.13 Å². The molecule has 0 saturated heterocycles. The number of nitrogens with one attached hydrogen (secondary N) is 1. The molecule has 18 heavy (non-hydrogen) atoms. The van der Waals surface area contributed by atoms with Crippen LogP contribution in [0.1, 0.15) is 37.9 Å². The zero-order valence-corrected chi connectivity index (χ0v) is 11.6. The monoisotopic (exact) mass is 271 g/mol. The predicted molar refractivity (Wildman–Crippen MR) is 72.0 cm³/mol. The molecule has 1 fully saturated rings. The molecule has 1 aliphatic rings. The van der Waals surface area contributed by atoms with E-state index in [4.69, 9.17) is 4.74 Å². The molecule has 0 aliphatic heterocycles. The Morgan fingerprint density at radius 1 is 1.39 bits per heavy atom. The van der Waals surface area contributed by atoms with Gasteiger partial charge in [-0.1, -0.05) is 19.3 Å². The fourth-order valence-electron chi connectivity index (χ4n) is 2.25. The smallest absolute Gasteiger partial charge is 0.202 e. The van der Waals surface area contributed by atoms with Gasteiger partial charge in [0.1, 0.15) is 5.82 Å². The number of hydrogen-bond donors (Lipinski definition) is 2. The van der Waals surface area contributed by atoms with E-state index in [1.165, 1.54) is 18.0 Å². The van der Waals surface area contributed by atoms with E-state index in [1.54, 1.807) is 7.11 Å². The normalized spacial score (nSPS) is 18.8. The maximum absolute atomic E-state index is 10.4. The van der Waals surface area contributed by atoms with Crippen molar-refractivity contribution in [3.8, 4) is 0 Å². The van der Waals surface area contributed by atoms with E-state index in [0.717, 1.165) is 43.1 Å². The van der Waals surface area contributed by atoms with Crippen LogP contribution in [0.3, 0.4) is 0 Å². The Kier molecular flexibility index (Phi) is 4.91. The molecule has 1 heterocycles. The fourth-order valence-corrected chi connectivity index (χ4v) is 2.85. The van der Waals surface area contributed by atoms with E-state index < -0.39 is 5.60 Å². The summed E-state index contributed by atoms with van der Waals surface area (Å²) in [6, 6.07) is 0. The first kappa shape index (κ1) is 13.7. The quantitative estimate of drug-likeness (QED) is 0.826. The first-order chi connectivity index (χ1) is 8.72. The molecule has 1 aromatic rings. The number of anilines is 1. The van der Waals surface area contributed by atoms with E-state index in [9.17, 15) is 5.11 Å². The molecule has 2 N–H and O–H groups in total.